The van der Waals surface area contributed by atoms with Gasteiger partial charge in [0.25, 0.3) is 0 Å². The quantitative estimate of drug-likeness (QED) is 0.879. The van der Waals surface area contributed by atoms with E-state index in [2.05, 4.69) is 5.32 Å². The summed E-state index contributed by atoms with van der Waals surface area (Å²) in [7, 11) is 3.45. The molecular weight excluding hydrogens is 272 g/mol. The average molecular weight is 291 g/mol. The van der Waals surface area contributed by atoms with Crippen molar-refractivity contribution in [1.29, 1.82) is 0 Å². The first-order valence-electron chi connectivity index (χ1n) is 6.84. The first kappa shape index (κ1) is 15.6. The molecule has 0 saturated heterocycles. The Labute approximate surface area is 123 Å². The second-order valence-corrected chi connectivity index (χ2v) is 4.94. The smallest absolute Gasteiger partial charge is 0.126 e. The van der Waals surface area contributed by atoms with Crippen LogP contribution in [0.2, 0.25) is 0 Å². The van der Waals surface area contributed by atoms with Crippen LogP contribution >= 0.6 is 0 Å². The van der Waals surface area contributed by atoms with Crippen molar-refractivity contribution in [2.24, 2.45) is 0 Å². The number of hydrogen-bond acceptors (Lipinski definition) is 2. The Morgan fingerprint density at radius 2 is 1.67 bits per heavy atom. The Kier molecular flexibility index (Phi) is 5.42. The number of rotatable bonds is 6. The normalized spacial score (nSPS) is 13.9. The Bertz CT molecular complexity index is 554. The standard InChI is InChI=1S/C17H19F2NO/c1-20-16(10-12-8-14(18)11-15(19)9-12)17(21-2)13-6-4-3-5-7-13/h3-9,11,16-17,20H,10H2,1-2H3. The summed E-state index contributed by atoms with van der Waals surface area (Å²) in [5.41, 5.74) is 1.63. The first-order valence-corrected chi connectivity index (χ1v) is 6.84. The largest absolute Gasteiger partial charge is 0.375 e. The lowest BCUT2D eigenvalue weighted by Gasteiger charge is -2.26. The zero-order chi connectivity index (χ0) is 15.2. The molecule has 2 unspecified atom stereocenters. The summed E-state index contributed by atoms with van der Waals surface area (Å²) in [5, 5.41) is 3.17. The molecular formula is C17H19F2NO. The van der Waals surface area contributed by atoms with Gasteiger partial charge in [0.1, 0.15) is 11.6 Å². The lowest BCUT2D eigenvalue weighted by atomic mass is 9.96. The molecule has 0 aliphatic heterocycles. The third-order valence-electron chi connectivity index (χ3n) is 3.50. The molecule has 0 aromatic heterocycles. The highest BCUT2D eigenvalue weighted by molar-refractivity contribution is 5.23. The van der Waals surface area contributed by atoms with Crippen molar-refractivity contribution in [2.45, 2.75) is 18.6 Å². The topological polar surface area (TPSA) is 21.3 Å². The van der Waals surface area contributed by atoms with Gasteiger partial charge in [0.2, 0.25) is 0 Å². The van der Waals surface area contributed by atoms with Crippen LogP contribution in [-0.2, 0) is 11.2 Å². The van der Waals surface area contributed by atoms with Crippen LogP contribution < -0.4 is 5.32 Å². The molecule has 0 saturated carbocycles. The van der Waals surface area contributed by atoms with Gasteiger partial charge in [-0.3, -0.25) is 0 Å². The molecule has 0 spiro atoms. The van der Waals surface area contributed by atoms with Crippen molar-refractivity contribution >= 4 is 0 Å². The van der Waals surface area contributed by atoms with Crippen molar-refractivity contribution in [3.8, 4) is 0 Å². The van der Waals surface area contributed by atoms with Gasteiger partial charge in [-0.05, 0) is 36.7 Å². The van der Waals surface area contributed by atoms with Crippen molar-refractivity contribution in [1.82, 2.24) is 5.32 Å². The average Bonchev–Trinajstić information content (AvgIpc) is 2.47. The molecule has 4 heteroatoms. The minimum absolute atomic E-state index is 0.0846. The van der Waals surface area contributed by atoms with Crippen LogP contribution in [0, 0.1) is 11.6 Å². The Balaban J connectivity index is 2.21. The molecule has 2 atom stereocenters. The van der Waals surface area contributed by atoms with E-state index in [1.807, 2.05) is 37.4 Å². The van der Waals surface area contributed by atoms with Crippen molar-refractivity contribution in [3.05, 3.63) is 71.3 Å². The maximum atomic E-state index is 13.3. The maximum absolute atomic E-state index is 13.3. The molecule has 2 rings (SSSR count). The van der Waals surface area contributed by atoms with Gasteiger partial charge < -0.3 is 10.1 Å². The van der Waals surface area contributed by atoms with E-state index in [4.69, 9.17) is 4.74 Å². The van der Waals surface area contributed by atoms with Crippen molar-refractivity contribution in [2.75, 3.05) is 14.2 Å². The van der Waals surface area contributed by atoms with E-state index in [1.54, 1.807) is 7.11 Å². The molecule has 2 aromatic carbocycles. The number of methoxy groups -OCH3 is 1. The monoisotopic (exact) mass is 291 g/mol. The molecule has 0 bridgehead atoms. The highest BCUT2D eigenvalue weighted by atomic mass is 19.1. The zero-order valence-electron chi connectivity index (χ0n) is 12.1. The summed E-state index contributed by atoms with van der Waals surface area (Å²) >= 11 is 0. The van der Waals surface area contributed by atoms with Crippen LogP contribution in [0.4, 0.5) is 8.78 Å². The Hall–Kier alpha value is -1.78. The van der Waals surface area contributed by atoms with Crippen LogP contribution in [-0.4, -0.2) is 20.2 Å². The molecule has 2 aromatic rings. The van der Waals surface area contributed by atoms with Crippen LogP contribution in [0.15, 0.2) is 48.5 Å². The van der Waals surface area contributed by atoms with E-state index >= 15 is 0 Å². The molecule has 0 heterocycles. The van der Waals surface area contributed by atoms with Crippen LogP contribution in [0.1, 0.15) is 17.2 Å². The summed E-state index contributed by atoms with van der Waals surface area (Å²) in [4.78, 5) is 0. The number of benzene rings is 2. The molecule has 21 heavy (non-hydrogen) atoms. The predicted octanol–water partition coefficient (Wildman–Crippen LogP) is 3.48. The number of nitrogens with one attached hydrogen (secondary N) is 1. The third-order valence-corrected chi connectivity index (χ3v) is 3.50. The lowest BCUT2D eigenvalue weighted by Crippen LogP contribution is -2.35. The first-order chi connectivity index (χ1) is 10.1. The number of likely N-dealkylation sites (N-methyl/N-ethyl adjacent to an activating group) is 1. The van der Waals surface area contributed by atoms with Crippen LogP contribution in [0.5, 0.6) is 0 Å². The van der Waals surface area contributed by atoms with Gasteiger partial charge in [-0.25, -0.2) is 8.78 Å². The summed E-state index contributed by atoms with van der Waals surface area (Å²) < 4.78 is 32.2. The number of halogens is 2. The number of hydrogen-bond donors (Lipinski definition) is 1. The molecule has 2 nitrogen and oxygen atoms in total. The molecule has 0 aliphatic carbocycles. The molecule has 0 amide bonds. The molecule has 0 aliphatic rings. The van der Waals surface area contributed by atoms with Crippen LogP contribution in [0.3, 0.4) is 0 Å². The highest BCUT2D eigenvalue weighted by Gasteiger charge is 2.22. The summed E-state index contributed by atoms with van der Waals surface area (Å²) in [6.45, 7) is 0. The minimum atomic E-state index is -0.562. The maximum Gasteiger partial charge on any atom is 0.126 e. The van der Waals surface area contributed by atoms with E-state index in [1.165, 1.54) is 12.1 Å². The van der Waals surface area contributed by atoms with E-state index in [9.17, 15) is 8.78 Å². The van der Waals surface area contributed by atoms with E-state index in [-0.39, 0.29) is 12.1 Å². The van der Waals surface area contributed by atoms with Gasteiger partial charge in [-0.15, -0.1) is 0 Å². The third kappa shape index (κ3) is 4.09. The van der Waals surface area contributed by atoms with E-state index in [0.717, 1.165) is 11.6 Å². The van der Waals surface area contributed by atoms with Gasteiger partial charge in [0, 0.05) is 19.2 Å². The van der Waals surface area contributed by atoms with Gasteiger partial charge in [0.15, 0.2) is 0 Å². The summed E-state index contributed by atoms with van der Waals surface area (Å²) in [6, 6.07) is 13.3. The molecule has 1 N–H and O–H groups in total. The van der Waals surface area contributed by atoms with Crippen molar-refractivity contribution < 1.29 is 13.5 Å². The summed E-state index contributed by atoms with van der Waals surface area (Å²) in [6.07, 6.45) is 0.279. The second kappa shape index (κ2) is 7.29. The lowest BCUT2D eigenvalue weighted by molar-refractivity contribution is 0.0703. The fourth-order valence-corrected chi connectivity index (χ4v) is 2.52. The number of ether oxygens (including phenoxy) is 1. The SMILES string of the molecule is CNC(Cc1cc(F)cc(F)c1)C(OC)c1ccccc1. The van der Waals surface area contributed by atoms with E-state index in [0.29, 0.717) is 12.0 Å². The van der Waals surface area contributed by atoms with Crippen LogP contribution in [0.25, 0.3) is 0 Å². The summed E-state index contributed by atoms with van der Waals surface area (Å²) in [5.74, 6) is -1.12. The molecule has 0 fully saturated rings. The van der Waals surface area contributed by atoms with Gasteiger partial charge >= 0.3 is 0 Å². The highest BCUT2D eigenvalue weighted by Crippen LogP contribution is 2.23. The minimum Gasteiger partial charge on any atom is -0.375 e. The second-order valence-electron chi connectivity index (χ2n) is 4.94. The van der Waals surface area contributed by atoms with Crippen molar-refractivity contribution in [3.63, 3.8) is 0 Å². The fraction of sp³-hybridized carbons (Fsp3) is 0.294. The van der Waals surface area contributed by atoms with Gasteiger partial charge in [-0.1, -0.05) is 30.3 Å². The van der Waals surface area contributed by atoms with E-state index < -0.39 is 11.6 Å². The predicted molar refractivity (Wildman–Crippen MR) is 79.1 cm³/mol. The van der Waals surface area contributed by atoms with Gasteiger partial charge in [0.05, 0.1) is 6.10 Å². The fourth-order valence-electron chi connectivity index (χ4n) is 2.52. The molecule has 0 radical (unpaired) electrons. The Morgan fingerprint density at radius 3 is 2.19 bits per heavy atom. The zero-order valence-corrected chi connectivity index (χ0v) is 12.1. The van der Waals surface area contributed by atoms with Gasteiger partial charge in [-0.2, -0.15) is 0 Å². The Morgan fingerprint density at radius 1 is 1.05 bits per heavy atom. The molecule has 112 valence electrons.